The average Bonchev–Trinajstić information content (AvgIpc) is 2.31. The molecular weight excluding hydrogens is 210 g/mol. The van der Waals surface area contributed by atoms with E-state index in [-0.39, 0.29) is 0 Å². The number of rotatable bonds is 3. The minimum atomic E-state index is -0.443. The smallest absolute Gasteiger partial charge is 0.0675 e. The highest BCUT2D eigenvalue weighted by molar-refractivity contribution is 5.30. The van der Waals surface area contributed by atoms with Gasteiger partial charge >= 0.3 is 0 Å². The Hall–Kier alpha value is -0.860. The van der Waals surface area contributed by atoms with Crippen molar-refractivity contribution in [3.63, 3.8) is 0 Å². The van der Waals surface area contributed by atoms with Gasteiger partial charge in [0.2, 0.25) is 0 Å². The molecule has 1 aliphatic rings. The number of aryl methyl sites for hydroxylation is 3. The van der Waals surface area contributed by atoms with Gasteiger partial charge in [-0.3, -0.25) is 0 Å². The van der Waals surface area contributed by atoms with Crippen LogP contribution in [0.25, 0.3) is 0 Å². The van der Waals surface area contributed by atoms with Gasteiger partial charge in [0.25, 0.3) is 0 Å². The first-order valence-corrected chi connectivity index (χ1v) is 6.58. The highest BCUT2D eigenvalue weighted by Crippen LogP contribution is 2.25. The number of hydrogen-bond acceptors (Lipinski definition) is 2. The van der Waals surface area contributed by atoms with E-state index >= 15 is 0 Å². The Labute approximate surface area is 104 Å². The molecule has 2 heteroatoms. The molecule has 2 nitrogen and oxygen atoms in total. The first-order chi connectivity index (χ1) is 8.09. The second-order valence-corrected chi connectivity index (χ2v) is 5.40. The topological polar surface area (TPSA) is 32.3 Å². The minimum Gasteiger partial charge on any atom is -0.390 e. The molecule has 94 valence electrons. The third kappa shape index (κ3) is 3.30. The average molecular weight is 233 g/mol. The number of aliphatic hydroxyl groups is 1. The van der Waals surface area contributed by atoms with Crippen molar-refractivity contribution in [2.24, 2.45) is 0 Å². The van der Waals surface area contributed by atoms with E-state index in [9.17, 15) is 5.11 Å². The fourth-order valence-electron chi connectivity index (χ4n) is 2.58. The van der Waals surface area contributed by atoms with Crippen molar-refractivity contribution in [1.29, 1.82) is 0 Å². The molecular formula is C15H23NO. The summed E-state index contributed by atoms with van der Waals surface area (Å²) in [6.45, 7) is 6.18. The Kier molecular flexibility index (Phi) is 3.85. The number of nitrogens with one attached hydrogen (secondary N) is 1. The Bertz CT molecular complexity index is 381. The van der Waals surface area contributed by atoms with E-state index in [4.69, 9.17) is 0 Å². The molecule has 1 saturated heterocycles. The van der Waals surface area contributed by atoms with Gasteiger partial charge in [-0.15, -0.1) is 0 Å². The second-order valence-electron chi connectivity index (χ2n) is 5.40. The monoisotopic (exact) mass is 233 g/mol. The van der Waals surface area contributed by atoms with Crippen molar-refractivity contribution in [2.75, 3.05) is 13.1 Å². The largest absolute Gasteiger partial charge is 0.390 e. The molecule has 17 heavy (non-hydrogen) atoms. The van der Waals surface area contributed by atoms with Crippen molar-refractivity contribution < 1.29 is 5.11 Å². The Morgan fingerprint density at radius 1 is 1.24 bits per heavy atom. The summed E-state index contributed by atoms with van der Waals surface area (Å²) < 4.78 is 0. The van der Waals surface area contributed by atoms with Gasteiger partial charge in [-0.2, -0.15) is 0 Å². The molecule has 1 aliphatic heterocycles. The van der Waals surface area contributed by atoms with Crippen LogP contribution in [0.4, 0.5) is 0 Å². The molecule has 0 amide bonds. The Balaban J connectivity index is 1.99. The number of hydrogen-bond donors (Lipinski definition) is 2. The van der Waals surface area contributed by atoms with Crippen LogP contribution in [-0.4, -0.2) is 23.8 Å². The van der Waals surface area contributed by atoms with E-state index in [1.807, 2.05) is 0 Å². The molecule has 0 radical (unpaired) electrons. The van der Waals surface area contributed by atoms with E-state index in [0.29, 0.717) is 0 Å². The lowest BCUT2D eigenvalue weighted by Crippen LogP contribution is -2.42. The molecule has 0 spiro atoms. The molecule has 0 aliphatic carbocycles. The third-order valence-corrected chi connectivity index (χ3v) is 3.90. The minimum absolute atomic E-state index is 0.443. The van der Waals surface area contributed by atoms with Crippen LogP contribution < -0.4 is 5.32 Å². The number of piperidine rings is 1. The molecule has 0 saturated carbocycles. The summed E-state index contributed by atoms with van der Waals surface area (Å²) in [5, 5.41) is 13.8. The second kappa shape index (κ2) is 5.19. The lowest BCUT2D eigenvalue weighted by Gasteiger charge is -2.32. The maximum absolute atomic E-state index is 10.5. The van der Waals surface area contributed by atoms with Gasteiger partial charge < -0.3 is 10.4 Å². The number of benzene rings is 1. The molecule has 1 fully saturated rings. The van der Waals surface area contributed by atoms with Crippen LogP contribution in [0.1, 0.15) is 36.0 Å². The highest BCUT2D eigenvalue weighted by atomic mass is 16.3. The predicted molar refractivity (Wildman–Crippen MR) is 71.3 cm³/mol. The van der Waals surface area contributed by atoms with Crippen molar-refractivity contribution in [3.8, 4) is 0 Å². The molecule has 2 rings (SSSR count). The molecule has 1 aromatic carbocycles. The van der Waals surface area contributed by atoms with E-state index < -0.39 is 5.60 Å². The van der Waals surface area contributed by atoms with E-state index in [1.54, 1.807) is 0 Å². The van der Waals surface area contributed by atoms with Crippen molar-refractivity contribution in [1.82, 2.24) is 5.32 Å². The zero-order valence-corrected chi connectivity index (χ0v) is 10.9. The summed E-state index contributed by atoms with van der Waals surface area (Å²) in [5.41, 5.74) is 3.59. The van der Waals surface area contributed by atoms with E-state index in [0.717, 1.165) is 38.8 Å². The first kappa shape index (κ1) is 12.6. The molecule has 0 aromatic heterocycles. The maximum atomic E-state index is 10.5. The molecule has 0 bridgehead atoms. The summed E-state index contributed by atoms with van der Waals surface area (Å²) >= 11 is 0. The SMILES string of the molecule is Cc1ccc(C)c(CCC2(O)CCNCC2)c1. The van der Waals surface area contributed by atoms with Gasteiger partial charge in [0.15, 0.2) is 0 Å². The zero-order chi connectivity index (χ0) is 12.3. The van der Waals surface area contributed by atoms with Gasteiger partial charge in [0.05, 0.1) is 5.60 Å². The van der Waals surface area contributed by atoms with Crippen molar-refractivity contribution >= 4 is 0 Å². The lowest BCUT2D eigenvalue weighted by atomic mass is 9.85. The summed E-state index contributed by atoms with van der Waals surface area (Å²) in [4.78, 5) is 0. The maximum Gasteiger partial charge on any atom is 0.0675 e. The zero-order valence-electron chi connectivity index (χ0n) is 10.9. The summed E-state index contributed by atoms with van der Waals surface area (Å²) in [7, 11) is 0. The van der Waals surface area contributed by atoms with Crippen LogP contribution in [-0.2, 0) is 6.42 Å². The first-order valence-electron chi connectivity index (χ1n) is 6.58. The van der Waals surface area contributed by atoms with Crippen LogP contribution in [0.5, 0.6) is 0 Å². The molecule has 0 unspecified atom stereocenters. The van der Waals surface area contributed by atoms with Crippen molar-refractivity contribution in [2.45, 2.75) is 45.1 Å². The Morgan fingerprint density at radius 3 is 2.65 bits per heavy atom. The third-order valence-electron chi connectivity index (χ3n) is 3.90. The van der Waals surface area contributed by atoms with Gasteiger partial charge in [-0.05, 0) is 63.7 Å². The van der Waals surface area contributed by atoms with Crippen LogP contribution in [0.3, 0.4) is 0 Å². The van der Waals surface area contributed by atoms with Crippen LogP contribution in [0, 0.1) is 13.8 Å². The van der Waals surface area contributed by atoms with Gasteiger partial charge in [-0.1, -0.05) is 23.8 Å². The van der Waals surface area contributed by atoms with Gasteiger partial charge in [0.1, 0.15) is 0 Å². The van der Waals surface area contributed by atoms with Crippen LogP contribution in [0.2, 0.25) is 0 Å². The van der Waals surface area contributed by atoms with Crippen LogP contribution in [0.15, 0.2) is 18.2 Å². The van der Waals surface area contributed by atoms with Gasteiger partial charge in [0, 0.05) is 0 Å². The quantitative estimate of drug-likeness (QED) is 0.840. The summed E-state index contributed by atoms with van der Waals surface area (Å²) in [6, 6.07) is 6.58. The summed E-state index contributed by atoms with van der Waals surface area (Å²) in [5.74, 6) is 0. The molecule has 1 heterocycles. The highest BCUT2D eigenvalue weighted by Gasteiger charge is 2.28. The fraction of sp³-hybridized carbons (Fsp3) is 0.600. The standard InChI is InChI=1S/C15H23NO/c1-12-3-4-13(2)14(11-12)5-6-15(17)7-9-16-10-8-15/h3-4,11,16-17H,5-10H2,1-2H3. The normalized spacial score (nSPS) is 19.2. The van der Waals surface area contributed by atoms with Crippen molar-refractivity contribution in [3.05, 3.63) is 34.9 Å². The predicted octanol–water partition coefficient (Wildman–Crippen LogP) is 2.35. The molecule has 1 aromatic rings. The Morgan fingerprint density at radius 2 is 1.94 bits per heavy atom. The van der Waals surface area contributed by atoms with E-state index in [2.05, 4.69) is 37.4 Å². The fourth-order valence-corrected chi connectivity index (χ4v) is 2.58. The summed E-state index contributed by atoms with van der Waals surface area (Å²) in [6.07, 6.45) is 3.65. The molecule has 2 N–H and O–H groups in total. The molecule has 0 atom stereocenters. The lowest BCUT2D eigenvalue weighted by molar-refractivity contribution is 0.00279. The van der Waals surface area contributed by atoms with Crippen LogP contribution >= 0.6 is 0 Å². The van der Waals surface area contributed by atoms with E-state index in [1.165, 1.54) is 16.7 Å². The van der Waals surface area contributed by atoms with Gasteiger partial charge in [-0.25, -0.2) is 0 Å².